The van der Waals surface area contributed by atoms with Crippen LogP contribution in [0.1, 0.15) is 49.2 Å². The van der Waals surface area contributed by atoms with Crippen molar-refractivity contribution in [3.63, 3.8) is 0 Å². The maximum absolute atomic E-state index is 13.3. The summed E-state index contributed by atoms with van der Waals surface area (Å²) < 4.78 is 72.0. The Balaban J connectivity index is 1.52. The Bertz CT molecular complexity index is 1390. The zero-order valence-electron chi connectivity index (χ0n) is 20.8. The molecule has 12 heteroatoms. The number of anilines is 2. The summed E-state index contributed by atoms with van der Waals surface area (Å²) in [5.41, 5.74) is 5.92. The van der Waals surface area contributed by atoms with E-state index in [1.165, 1.54) is 10.4 Å². The van der Waals surface area contributed by atoms with E-state index in [-0.39, 0.29) is 24.1 Å². The smallest absolute Gasteiger partial charge is 0.416 e. The normalized spacial score (nSPS) is 15.5. The number of hydrogen-bond donors (Lipinski definition) is 2. The number of sulfonamides is 1. The van der Waals surface area contributed by atoms with E-state index in [0.29, 0.717) is 46.7 Å². The number of halogens is 3. The lowest BCUT2D eigenvalue weighted by Crippen LogP contribution is -2.41. The Labute approximate surface area is 214 Å². The molecular weight excluding hydrogens is 507 g/mol. The largest absolute Gasteiger partial charge is 0.492 e. The van der Waals surface area contributed by atoms with Crippen LogP contribution in [0.2, 0.25) is 0 Å². The van der Waals surface area contributed by atoms with Crippen molar-refractivity contribution in [3.8, 4) is 5.75 Å². The first-order valence-electron chi connectivity index (χ1n) is 11.9. The standard InChI is InChI=1S/C25H30F3N5O3S/c1-15(17-11-18(25(26,27)28)13-19(29)12-17)30-24-22-14-20(7-8-23(22)31-16(2)32-24)36-10-9-33(3)37(34,35)21-5-4-6-21/h7-8,11-15,21H,4-6,9-10,29H2,1-3H3,(H,30,31,32)/t15-/m1/s1. The van der Waals surface area contributed by atoms with E-state index in [1.807, 2.05) is 0 Å². The fraction of sp³-hybridized carbons (Fsp3) is 0.440. The van der Waals surface area contributed by atoms with Crippen LogP contribution in [0.4, 0.5) is 24.7 Å². The van der Waals surface area contributed by atoms with Gasteiger partial charge in [0.1, 0.15) is 24.0 Å². The number of alkyl halides is 3. The molecule has 0 spiro atoms. The number of aryl methyl sites for hydroxylation is 1. The van der Waals surface area contributed by atoms with Gasteiger partial charge in [0.2, 0.25) is 10.0 Å². The van der Waals surface area contributed by atoms with Gasteiger partial charge in [0, 0.05) is 24.7 Å². The molecule has 0 unspecified atom stereocenters. The van der Waals surface area contributed by atoms with E-state index in [0.717, 1.165) is 18.6 Å². The molecule has 0 radical (unpaired) electrons. The van der Waals surface area contributed by atoms with Gasteiger partial charge in [-0.2, -0.15) is 13.2 Å². The molecule has 8 nitrogen and oxygen atoms in total. The Hall–Kier alpha value is -3.12. The summed E-state index contributed by atoms with van der Waals surface area (Å²) in [6.07, 6.45) is -2.19. The van der Waals surface area contributed by atoms with Gasteiger partial charge in [-0.3, -0.25) is 0 Å². The third-order valence-electron chi connectivity index (χ3n) is 6.52. The number of fused-ring (bicyclic) bond motifs is 1. The van der Waals surface area contributed by atoms with Crippen LogP contribution in [0.15, 0.2) is 36.4 Å². The Morgan fingerprint density at radius 2 is 1.92 bits per heavy atom. The monoisotopic (exact) mass is 537 g/mol. The molecule has 1 aromatic heterocycles. The average molecular weight is 538 g/mol. The Morgan fingerprint density at radius 3 is 2.57 bits per heavy atom. The van der Waals surface area contributed by atoms with E-state index in [2.05, 4.69) is 15.3 Å². The van der Waals surface area contributed by atoms with E-state index in [4.69, 9.17) is 10.5 Å². The SMILES string of the molecule is Cc1nc(N[C@H](C)c2cc(N)cc(C(F)(F)F)c2)c2cc(OCCN(C)S(=O)(=O)C3CCC3)ccc2n1. The second-order valence-corrected chi connectivity index (χ2v) is 11.6. The first kappa shape index (κ1) is 26.9. The fourth-order valence-corrected chi connectivity index (χ4v) is 5.91. The third kappa shape index (κ3) is 6.07. The lowest BCUT2D eigenvalue weighted by Gasteiger charge is -2.29. The summed E-state index contributed by atoms with van der Waals surface area (Å²) >= 11 is 0. The van der Waals surface area contributed by atoms with Crippen LogP contribution < -0.4 is 15.8 Å². The number of ether oxygens (including phenoxy) is 1. The van der Waals surface area contributed by atoms with Crippen LogP contribution in [0.25, 0.3) is 10.9 Å². The van der Waals surface area contributed by atoms with Crippen molar-refractivity contribution in [2.24, 2.45) is 0 Å². The number of hydrogen-bond acceptors (Lipinski definition) is 7. The molecular formula is C25H30F3N5O3S. The minimum Gasteiger partial charge on any atom is -0.492 e. The van der Waals surface area contributed by atoms with E-state index < -0.39 is 27.8 Å². The predicted molar refractivity (Wildman–Crippen MR) is 137 cm³/mol. The number of rotatable bonds is 9. The summed E-state index contributed by atoms with van der Waals surface area (Å²) in [5, 5.41) is 3.49. The van der Waals surface area contributed by atoms with Gasteiger partial charge in [-0.1, -0.05) is 6.42 Å². The molecule has 0 aliphatic heterocycles. The molecule has 2 aromatic carbocycles. The highest BCUT2D eigenvalue weighted by Crippen LogP contribution is 2.34. The maximum Gasteiger partial charge on any atom is 0.416 e. The molecule has 1 aliphatic carbocycles. The zero-order valence-corrected chi connectivity index (χ0v) is 21.7. The summed E-state index contributed by atoms with van der Waals surface area (Å²) in [5.74, 6) is 1.41. The Morgan fingerprint density at radius 1 is 1.19 bits per heavy atom. The van der Waals surface area contributed by atoms with Crippen molar-refractivity contribution in [1.82, 2.24) is 14.3 Å². The molecule has 200 valence electrons. The number of aromatic nitrogens is 2. The molecule has 1 heterocycles. The van der Waals surface area contributed by atoms with Crippen molar-refractivity contribution in [1.29, 1.82) is 0 Å². The quantitative estimate of drug-likeness (QED) is 0.374. The van der Waals surface area contributed by atoms with Crippen molar-refractivity contribution in [2.75, 3.05) is 31.2 Å². The van der Waals surface area contributed by atoms with Crippen molar-refractivity contribution in [2.45, 2.75) is 50.6 Å². The van der Waals surface area contributed by atoms with Crippen molar-refractivity contribution < 1.29 is 26.3 Å². The van der Waals surface area contributed by atoms with Crippen LogP contribution >= 0.6 is 0 Å². The lowest BCUT2D eigenvalue weighted by molar-refractivity contribution is -0.137. The first-order chi connectivity index (χ1) is 17.3. The molecule has 4 rings (SSSR count). The van der Waals surface area contributed by atoms with Crippen LogP contribution in [0.5, 0.6) is 5.75 Å². The number of nitrogens with zero attached hydrogens (tertiary/aromatic N) is 3. The van der Waals surface area contributed by atoms with Crippen molar-refractivity contribution in [3.05, 3.63) is 53.3 Å². The summed E-state index contributed by atoms with van der Waals surface area (Å²) in [7, 11) is -1.76. The second-order valence-electron chi connectivity index (χ2n) is 9.32. The van der Waals surface area contributed by atoms with Crippen molar-refractivity contribution >= 4 is 32.4 Å². The van der Waals surface area contributed by atoms with Gasteiger partial charge >= 0.3 is 6.18 Å². The number of nitrogens with two attached hydrogens (primary N) is 1. The molecule has 1 atom stereocenters. The van der Waals surface area contributed by atoms with Crippen LogP contribution in [0.3, 0.4) is 0 Å². The second kappa shape index (κ2) is 10.3. The van der Waals surface area contributed by atoms with Gasteiger partial charge in [-0.05, 0) is 68.7 Å². The molecule has 0 saturated heterocycles. The number of benzene rings is 2. The average Bonchev–Trinajstić information content (AvgIpc) is 2.76. The molecule has 1 saturated carbocycles. The van der Waals surface area contributed by atoms with Crippen LogP contribution in [-0.2, 0) is 16.2 Å². The van der Waals surface area contributed by atoms with Gasteiger partial charge in [0.15, 0.2) is 0 Å². The summed E-state index contributed by atoms with van der Waals surface area (Å²) in [6.45, 7) is 3.81. The predicted octanol–water partition coefficient (Wildman–Crippen LogP) is 4.91. The highest BCUT2D eigenvalue weighted by Gasteiger charge is 2.34. The third-order valence-corrected chi connectivity index (χ3v) is 8.89. The van der Waals surface area contributed by atoms with E-state index in [1.54, 1.807) is 39.1 Å². The minimum absolute atomic E-state index is 0.0159. The topological polar surface area (TPSA) is 110 Å². The molecule has 3 N–H and O–H groups in total. The summed E-state index contributed by atoms with van der Waals surface area (Å²) in [6, 6.07) is 8.13. The highest BCUT2D eigenvalue weighted by molar-refractivity contribution is 7.89. The van der Waals surface area contributed by atoms with E-state index >= 15 is 0 Å². The molecule has 37 heavy (non-hydrogen) atoms. The van der Waals surface area contributed by atoms with Crippen LogP contribution in [-0.4, -0.2) is 48.1 Å². The Kier molecular flexibility index (Phi) is 7.52. The maximum atomic E-state index is 13.3. The first-order valence-corrected chi connectivity index (χ1v) is 13.5. The van der Waals surface area contributed by atoms with Gasteiger partial charge in [-0.15, -0.1) is 0 Å². The fourth-order valence-electron chi connectivity index (χ4n) is 4.14. The zero-order chi connectivity index (χ0) is 27.0. The van der Waals surface area contributed by atoms with Gasteiger partial charge in [-0.25, -0.2) is 22.7 Å². The lowest BCUT2D eigenvalue weighted by atomic mass is 10.0. The molecule has 1 aliphatic rings. The number of likely N-dealkylation sites (N-methyl/N-ethyl adjacent to an activating group) is 1. The number of nitrogen functional groups attached to an aromatic ring is 1. The van der Waals surface area contributed by atoms with Crippen LogP contribution in [0, 0.1) is 6.92 Å². The molecule has 0 amide bonds. The van der Waals surface area contributed by atoms with Gasteiger partial charge in [0.25, 0.3) is 0 Å². The van der Waals surface area contributed by atoms with Gasteiger partial charge in [0.05, 0.1) is 22.4 Å². The molecule has 1 fully saturated rings. The summed E-state index contributed by atoms with van der Waals surface area (Å²) in [4.78, 5) is 8.89. The molecule has 3 aromatic rings. The number of nitrogens with one attached hydrogen (secondary N) is 1. The minimum atomic E-state index is -4.51. The highest BCUT2D eigenvalue weighted by atomic mass is 32.2. The van der Waals surface area contributed by atoms with E-state index in [9.17, 15) is 21.6 Å². The molecule has 0 bridgehead atoms. The van der Waals surface area contributed by atoms with Gasteiger partial charge < -0.3 is 15.8 Å².